The minimum atomic E-state index is -2.97. The lowest BCUT2D eigenvalue weighted by molar-refractivity contribution is -0.149. The van der Waals surface area contributed by atoms with Crippen molar-refractivity contribution >= 4 is 25.0 Å². The van der Waals surface area contributed by atoms with E-state index in [1.54, 1.807) is 12.1 Å². The molecule has 1 aromatic carbocycles. The molecule has 152 valence electrons. The van der Waals surface area contributed by atoms with Gasteiger partial charge in [0.2, 0.25) is 18.6 Å². The summed E-state index contributed by atoms with van der Waals surface area (Å²) in [6.07, 6.45) is -0.894. The third kappa shape index (κ3) is 6.19. The number of fused-ring (bicyclic) bond motifs is 1. The predicted octanol–water partition coefficient (Wildman–Crippen LogP) is 1.24. The van der Waals surface area contributed by atoms with E-state index in [4.69, 9.17) is 9.39 Å². The molecule has 1 heterocycles. The topological polar surface area (TPSA) is 111 Å². The molecule has 1 aliphatic rings. The summed E-state index contributed by atoms with van der Waals surface area (Å²) in [6.45, 7) is 1.31. The fraction of sp³-hybridized carbons (Fsp3) is 0.471. The number of benzene rings is 1. The highest BCUT2D eigenvalue weighted by molar-refractivity contribution is 6.47. The van der Waals surface area contributed by atoms with Crippen LogP contribution in [0.25, 0.3) is 0 Å². The highest BCUT2D eigenvalue weighted by Crippen LogP contribution is 2.30. The molecule has 0 aliphatic carbocycles. The molecular weight excluding hydrogens is 379 g/mol. The zero-order valence-electron chi connectivity index (χ0n) is 15.4. The van der Waals surface area contributed by atoms with Gasteiger partial charge in [-0.2, -0.15) is 0 Å². The van der Waals surface area contributed by atoms with Gasteiger partial charge in [0.25, 0.3) is 0 Å². The number of halogens is 2. The molecule has 2 rings (SSSR count). The van der Waals surface area contributed by atoms with Crippen molar-refractivity contribution in [3.63, 3.8) is 0 Å². The zero-order chi connectivity index (χ0) is 20.9. The summed E-state index contributed by atoms with van der Waals surface area (Å²) in [6, 6.07) is 4.59. The summed E-state index contributed by atoms with van der Waals surface area (Å²) in [5.74, 6) is -5.83. The number of ether oxygens (including phenoxy) is 2. The first kappa shape index (κ1) is 21.6. The molecule has 0 radical (unpaired) electrons. The number of para-hydroxylation sites is 1. The second kappa shape index (κ2) is 9.00. The molecule has 1 atom stereocenters. The number of nitrogens with one attached hydrogen (secondary N) is 1. The van der Waals surface area contributed by atoms with Crippen molar-refractivity contribution in [2.75, 3.05) is 6.79 Å². The van der Waals surface area contributed by atoms with Gasteiger partial charge in [-0.25, -0.2) is 13.6 Å². The quantitative estimate of drug-likeness (QED) is 0.403. The third-order valence-electron chi connectivity index (χ3n) is 3.93. The molecular formula is C17H20BF2NO7. The second-order valence-electron chi connectivity index (χ2n) is 6.44. The molecule has 0 spiro atoms. The van der Waals surface area contributed by atoms with E-state index in [0.717, 1.165) is 13.8 Å². The maximum absolute atomic E-state index is 12.9. The number of esters is 2. The number of hydrogen-bond acceptors (Lipinski definition) is 7. The molecule has 1 unspecified atom stereocenters. The Kier molecular flexibility index (Phi) is 6.95. The van der Waals surface area contributed by atoms with Gasteiger partial charge in [0.15, 0.2) is 0 Å². The van der Waals surface area contributed by atoms with Gasteiger partial charge < -0.3 is 24.5 Å². The van der Waals surface area contributed by atoms with E-state index in [2.05, 4.69) is 10.1 Å². The summed E-state index contributed by atoms with van der Waals surface area (Å²) in [4.78, 5) is 34.7. The normalized spacial score (nSPS) is 15.9. The maximum Gasteiger partial charge on any atom is 0.547 e. The molecule has 1 aromatic rings. The molecule has 0 fully saturated rings. The van der Waals surface area contributed by atoms with E-state index in [1.165, 1.54) is 6.07 Å². The molecule has 0 bridgehead atoms. The minimum Gasteiger partial charge on any atom is -0.534 e. The Labute approximate surface area is 160 Å². The van der Waals surface area contributed by atoms with Gasteiger partial charge in [-0.05, 0) is 25.0 Å². The molecule has 1 aliphatic heterocycles. The van der Waals surface area contributed by atoms with Gasteiger partial charge in [-0.15, -0.1) is 0 Å². The first-order valence-corrected chi connectivity index (χ1v) is 8.51. The van der Waals surface area contributed by atoms with Crippen LogP contribution >= 0.6 is 0 Å². The van der Waals surface area contributed by atoms with Crippen LogP contribution in [-0.4, -0.2) is 48.6 Å². The lowest BCUT2D eigenvalue weighted by Crippen LogP contribution is -2.53. The van der Waals surface area contributed by atoms with Crippen LogP contribution in [0.15, 0.2) is 18.2 Å². The Morgan fingerprint density at radius 1 is 1.36 bits per heavy atom. The van der Waals surface area contributed by atoms with E-state index in [1.807, 2.05) is 0 Å². The fourth-order valence-electron chi connectivity index (χ4n) is 2.56. The van der Waals surface area contributed by atoms with Crippen molar-refractivity contribution in [2.24, 2.45) is 0 Å². The average Bonchev–Trinajstić information content (AvgIpc) is 2.59. The summed E-state index contributed by atoms with van der Waals surface area (Å²) < 4.78 is 40.4. The first-order chi connectivity index (χ1) is 13.1. The van der Waals surface area contributed by atoms with Gasteiger partial charge in [0.05, 0.1) is 5.94 Å². The number of carbonyl (C=O) groups is 3. The third-order valence-corrected chi connectivity index (χ3v) is 3.93. The Balaban J connectivity index is 2.03. The molecule has 0 saturated carbocycles. The van der Waals surface area contributed by atoms with Crippen LogP contribution in [-0.2, 0) is 25.5 Å². The Bertz CT molecular complexity index is 754. The van der Waals surface area contributed by atoms with Gasteiger partial charge in [0, 0.05) is 19.8 Å². The Hall–Kier alpha value is -2.69. The number of carbonyl (C=O) groups excluding carboxylic acids is 3. The van der Waals surface area contributed by atoms with Crippen LogP contribution < -0.4 is 9.97 Å². The summed E-state index contributed by atoms with van der Waals surface area (Å²) >= 11 is 0. The van der Waals surface area contributed by atoms with Crippen molar-refractivity contribution in [3.05, 3.63) is 29.3 Å². The molecule has 0 saturated heterocycles. The van der Waals surface area contributed by atoms with Gasteiger partial charge in [-0.3, -0.25) is 9.59 Å². The van der Waals surface area contributed by atoms with Crippen molar-refractivity contribution in [1.29, 1.82) is 0 Å². The summed E-state index contributed by atoms with van der Waals surface area (Å²) in [5.41, 5.74) is 0.525. The van der Waals surface area contributed by atoms with Crippen LogP contribution in [0.3, 0.4) is 0 Å². The molecule has 2 N–H and O–H groups in total. The molecule has 8 nitrogen and oxygen atoms in total. The van der Waals surface area contributed by atoms with Gasteiger partial charge in [-0.1, -0.05) is 12.1 Å². The van der Waals surface area contributed by atoms with E-state index in [0.29, 0.717) is 5.56 Å². The molecule has 11 heteroatoms. The average molecular weight is 399 g/mol. The van der Waals surface area contributed by atoms with Crippen molar-refractivity contribution < 1.29 is 42.3 Å². The SMILES string of the molecule is CC(=O)OCOC(=O)c1cccc2c1OB(O)C(NC(=O)CCC(C)(F)F)C2. The fourth-order valence-corrected chi connectivity index (χ4v) is 2.56. The highest BCUT2D eigenvalue weighted by atomic mass is 19.3. The van der Waals surface area contributed by atoms with Gasteiger partial charge in [0.1, 0.15) is 11.3 Å². The van der Waals surface area contributed by atoms with Crippen LogP contribution in [0.4, 0.5) is 8.78 Å². The zero-order valence-corrected chi connectivity index (χ0v) is 15.4. The molecule has 0 aromatic heterocycles. The lowest BCUT2D eigenvalue weighted by atomic mass is 9.72. The Morgan fingerprint density at radius 3 is 2.71 bits per heavy atom. The van der Waals surface area contributed by atoms with Crippen LogP contribution in [0.5, 0.6) is 5.75 Å². The van der Waals surface area contributed by atoms with Crippen LogP contribution in [0, 0.1) is 0 Å². The maximum atomic E-state index is 12.9. The predicted molar refractivity (Wildman–Crippen MR) is 92.6 cm³/mol. The van der Waals surface area contributed by atoms with Gasteiger partial charge >= 0.3 is 19.1 Å². The number of alkyl halides is 2. The smallest absolute Gasteiger partial charge is 0.534 e. The molecule has 28 heavy (non-hydrogen) atoms. The van der Waals surface area contributed by atoms with Crippen LogP contribution in [0.1, 0.15) is 42.6 Å². The van der Waals surface area contributed by atoms with E-state index in [9.17, 15) is 28.2 Å². The first-order valence-electron chi connectivity index (χ1n) is 8.51. The highest BCUT2D eigenvalue weighted by Gasteiger charge is 2.38. The second-order valence-corrected chi connectivity index (χ2v) is 6.44. The standard InChI is InChI=1S/C17H20BF2NO7/c1-10(22)26-9-27-16(24)12-5-3-4-11-8-13(18(25)28-15(11)12)21-14(23)6-7-17(2,19)20/h3-5,13,25H,6-9H2,1-2H3,(H,21,23). The minimum absolute atomic E-state index is 0.0131. The number of hydrogen-bond donors (Lipinski definition) is 2. The summed E-state index contributed by atoms with van der Waals surface area (Å²) in [7, 11) is -1.49. The molecule has 1 amide bonds. The number of amides is 1. The van der Waals surface area contributed by atoms with E-state index >= 15 is 0 Å². The summed E-state index contributed by atoms with van der Waals surface area (Å²) in [5, 5.41) is 12.6. The van der Waals surface area contributed by atoms with Crippen LogP contribution in [0.2, 0.25) is 0 Å². The van der Waals surface area contributed by atoms with E-state index < -0.39 is 56.5 Å². The van der Waals surface area contributed by atoms with E-state index in [-0.39, 0.29) is 17.7 Å². The number of rotatable bonds is 7. The largest absolute Gasteiger partial charge is 0.547 e. The van der Waals surface area contributed by atoms with Crippen molar-refractivity contribution in [2.45, 2.75) is 45.0 Å². The van der Waals surface area contributed by atoms with Crippen molar-refractivity contribution in [3.8, 4) is 5.75 Å². The monoisotopic (exact) mass is 399 g/mol. The lowest BCUT2D eigenvalue weighted by Gasteiger charge is -2.29. The van der Waals surface area contributed by atoms with Crippen molar-refractivity contribution in [1.82, 2.24) is 5.32 Å². The Morgan fingerprint density at radius 2 is 2.07 bits per heavy atom.